The Labute approximate surface area is 152 Å². The molecular weight excluding hydrogens is 330 g/mol. The van der Waals surface area contributed by atoms with Gasteiger partial charge in [0.1, 0.15) is 5.54 Å². The van der Waals surface area contributed by atoms with Crippen molar-refractivity contribution in [3.63, 3.8) is 0 Å². The summed E-state index contributed by atoms with van der Waals surface area (Å²) in [6.45, 7) is 0.947. The smallest absolute Gasteiger partial charge is 0.330 e. The number of benzene rings is 1. The number of fused-ring (bicyclic) bond motifs is 1. The van der Waals surface area contributed by atoms with Crippen LogP contribution < -0.4 is 0 Å². The average molecular weight is 353 g/mol. The monoisotopic (exact) mass is 353 g/mol. The van der Waals surface area contributed by atoms with E-state index in [0.717, 1.165) is 19.3 Å². The van der Waals surface area contributed by atoms with Crippen molar-refractivity contribution in [1.29, 1.82) is 0 Å². The second-order valence-electron chi connectivity index (χ2n) is 7.34. The lowest BCUT2D eigenvalue weighted by atomic mass is 9.82. The molecule has 1 aromatic heterocycles. The summed E-state index contributed by atoms with van der Waals surface area (Å²) in [5.74, 6) is -0.672. The van der Waals surface area contributed by atoms with Crippen molar-refractivity contribution in [2.45, 2.75) is 37.6 Å². The lowest BCUT2D eigenvalue weighted by Crippen LogP contribution is -2.53. The maximum Gasteiger partial charge on any atom is 0.330 e. The number of carboxylic acid groups (broad SMARTS) is 1. The molecule has 1 saturated heterocycles. The molecule has 2 aliphatic rings. The van der Waals surface area contributed by atoms with E-state index < -0.39 is 11.5 Å². The minimum Gasteiger partial charge on any atom is -0.479 e. The molecule has 0 bridgehead atoms. The molecule has 1 N–H and O–H groups in total. The number of hydrogen-bond donors (Lipinski definition) is 1. The van der Waals surface area contributed by atoms with Crippen molar-refractivity contribution in [3.05, 3.63) is 54.1 Å². The number of carbonyl (C=O) groups excluding carboxylic acids is 1. The molecule has 1 aliphatic carbocycles. The standard InChI is InChI=1S/C20H23N3O3/c24-18(17-6-5-15-3-1-2-4-16(15)13-17)22-10-7-20(8-11-22,19(25)26)23-12-9-21-14-23/h1-4,9,12,14,17H,5-8,10-11,13H2,(H,25,26)/t17-/m0/s1. The third-order valence-electron chi connectivity index (χ3n) is 6.00. The number of amides is 1. The summed E-state index contributed by atoms with van der Waals surface area (Å²) >= 11 is 0. The fraction of sp³-hybridized carbons (Fsp3) is 0.450. The van der Waals surface area contributed by atoms with E-state index in [1.54, 1.807) is 23.3 Å². The van der Waals surface area contributed by atoms with Crippen LogP contribution in [0, 0.1) is 5.92 Å². The Morgan fingerprint density at radius 1 is 1.15 bits per heavy atom. The minimum absolute atomic E-state index is 0.00970. The number of imidazole rings is 1. The first-order chi connectivity index (χ1) is 12.6. The molecule has 1 aliphatic heterocycles. The largest absolute Gasteiger partial charge is 0.479 e. The maximum absolute atomic E-state index is 13.0. The highest BCUT2D eigenvalue weighted by molar-refractivity contribution is 5.81. The summed E-state index contributed by atoms with van der Waals surface area (Å²) in [4.78, 5) is 30.8. The van der Waals surface area contributed by atoms with Crippen molar-refractivity contribution in [3.8, 4) is 0 Å². The van der Waals surface area contributed by atoms with E-state index in [1.165, 1.54) is 11.1 Å². The Morgan fingerprint density at radius 3 is 2.54 bits per heavy atom. The molecular formula is C20H23N3O3. The first-order valence-corrected chi connectivity index (χ1v) is 9.17. The number of rotatable bonds is 3. The molecule has 26 heavy (non-hydrogen) atoms. The first kappa shape index (κ1) is 16.8. The predicted molar refractivity (Wildman–Crippen MR) is 95.6 cm³/mol. The van der Waals surface area contributed by atoms with Crippen molar-refractivity contribution in [1.82, 2.24) is 14.5 Å². The Morgan fingerprint density at radius 2 is 1.88 bits per heavy atom. The summed E-state index contributed by atoms with van der Waals surface area (Å²) in [7, 11) is 0. The van der Waals surface area contributed by atoms with Gasteiger partial charge in [-0.05, 0) is 43.2 Å². The van der Waals surface area contributed by atoms with E-state index in [9.17, 15) is 14.7 Å². The molecule has 1 amide bonds. The molecule has 136 valence electrons. The van der Waals surface area contributed by atoms with E-state index in [2.05, 4.69) is 17.1 Å². The number of piperidine rings is 1. The lowest BCUT2D eigenvalue weighted by Gasteiger charge is -2.41. The molecule has 1 aromatic carbocycles. The van der Waals surface area contributed by atoms with Gasteiger partial charge in [-0.2, -0.15) is 0 Å². The molecule has 0 spiro atoms. The van der Waals surface area contributed by atoms with Gasteiger partial charge in [0.25, 0.3) is 0 Å². The van der Waals surface area contributed by atoms with Crippen molar-refractivity contribution < 1.29 is 14.7 Å². The van der Waals surface area contributed by atoms with Gasteiger partial charge in [-0.25, -0.2) is 9.78 Å². The molecule has 6 heteroatoms. The van der Waals surface area contributed by atoms with Crippen LogP contribution in [0.1, 0.15) is 30.4 Å². The number of carboxylic acids is 1. The van der Waals surface area contributed by atoms with E-state index in [4.69, 9.17) is 0 Å². The summed E-state index contributed by atoms with van der Waals surface area (Å²) in [5, 5.41) is 9.79. The van der Waals surface area contributed by atoms with Crippen molar-refractivity contribution in [2.75, 3.05) is 13.1 Å². The third kappa shape index (κ3) is 2.79. The van der Waals surface area contributed by atoms with Crippen LogP contribution in [0.3, 0.4) is 0 Å². The highest BCUT2D eigenvalue weighted by Crippen LogP contribution is 2.33. The molecule has 6 nitrogen and oxygen atoms in total. The van der Waals surface area contributed by atoms with Crippen LogP contribution in [-0.4, -0.2) is 44.5 Å². The second-order valence-corrected chi connectivity index (χ2v) is 7.34. The number of nitrogens with zero attached hydrogens (tertiary/aromatic N) is 3. The van der Waals surface area contributed by atoms with Gasteiger partial charge in [0.05, 0.1) is 6.33 Å². The zero-order chi connectivity index (χ0) is 18.1. The van der Waals surface area contributed by atoms with Gasteiger partial charge in [0, 0.05) is 31.4 Å². The number of likely N-dealkylation sites (tertiary alicyclic amines) is 1. The van der Waals surface area contributed by atoms with E-state index in [1.807, 2.05) is 17.0 Å². The number of aliphatic carboxylic acids is 1. The number of hydrogen-bond acceptors (Lipinski definition) is 3. The van der Waals surface area contributed by atoms with Crippen LogP contribution in [0.25, 0.3) is 0 Å². The Balaban J connectivity index is 1.45. The normalized spacial score (nSPS) is 21.8. The summed E-state index contributed by atoms with van der Waals surface area (Å²) in [6, 6.07) is 8.33. The zero-order valence-corrected chi connectivity index (χ0v) is 14.7. The number of carbonyl (C=O) groups is 2. The Hall–Kier alpha value is -2.63. The number of aromatic nitrogens is 2. The van der Waals surface area contributed by atoms with Crippen LogP contribution in [0.4, 0.5) is 0 Å². The van der Waals surface area contributed by atoms with Crippen LogP contribution in [-0.2, 0) is 28.0 Å². The molecule has 2 aromatic rings. The van der Waals surface area contributed by atoms with Crippen LogP contribution >= 0.6 is 0 Å². The molecule has 1 atom stereocenters. The molecule has 1 fully saturated rings. The SMILES string of the molecule is O=C([C@H]1CCc2ccccc2C1)N1CCC(C(=O)O)(n2ccnc2)CC1. The van der Waals surface area contributed by atoms with Gasteiger partial charge < -0.3 is 14.6 Å². The van der Waals surface area contributed by atoms with Gasteiger partial charge in [0.15, 0.2) is 0 Å². The van der Waals surface area contributed by atoms with E-state index in [0.29, 0.717) is 25.9 Å². The topological polar surface area (TPSA) is 75.4 Å². The van der Waals surface area contributed by atoms with Gasteiger partial charge in [-0.15, -0.1) is 0 Å². The average Bonchev–Trinajstić information content (AvgIpc) is 3.22. The molecule has 0 unspecified atom stereocenters. The van der Waals surface area contributed by atoms with Gasteiger partial charge >= 0.3 is 5.97 Å². The van der Waals surface area contributed by atoms with Crippen LogP contribution in [0.5, 0.6) is 0 Å². The molecule has 0 radical (unpaired) electrons. The van der Waals surface area contributed by atoms with Crippen LogP contribution in [0.15, 0.2) is 43.0 Å². The number of aryl methyl sites for hydroxylation is 1. The first-order valence-electron chi connectivity index (χ1n) is 9.17. The van der Waals surface area contributed by atoms with Crippen molar-refractivity contribution in [2.24, 2.45) is 5.92 Å². The fourth-order valence-corrected chi connectivity index (χ4v) is 4.36. The van der Waals surface area contributed by atoms with Gasteiger partial charge in [-0.3, -0.25) is 4.79 Å². The molecule has 4 rings (SSSR count). The molecule has 0 saturated carbocycles. The predicted octanol–water partition coefficient (Wildman–Crippen LogP) is 2.09. The summed E-state index contributed by atoms with van der Waals surface area (Å²) in [5.41, 5.74) is 1.62. The Kier molecular flexibility index (Phi) is 4.26. The summed E-state index contributed by atoms with van der Waals surface area (Å²) in [6.07, 6.45) is 8.28. The zero-order valence-electron chi connectivity index (χ0n) is 14.7. The summed E-state index contributed by atoms with van der Waals surface area (Å²) < 4.78 is 1.67. The third-order valence-corrected chi connectivity index (χ3v) is 6.00. The highest BCUT2D eigenvalue weighted by Gasteiger charge is 2.44. The van der Waals surface area contributed by atoms with Gasteiger partial charge in [-0.1, -0.05) is 24.3 Å². The van der Waals surface area contributed by atoms with Crippen LogP contribution in [0.2, 0.25) is 0 Å². The minimum atomic E-state index is -0.994. The maximum atomic E-state index is 13.0. The molecule has 2 heterocycles. The van der Waals surface area contributed by atoms with E-state index in [-0.39, 0.29) is 11.8 Å². The second kappa shape index (κ2) is 6.59. The Bertz CT molecular complexity index is 807. The van der Waals surface area contributed by atoms with E-state index >= 15 is 0 Å². The lowest BCUT2D eigenvalue weighted by molar-refractivity contribution is -0.153. The van der Waals surface area contributed by atoms with Crippen molar-refractivity contribution >= 4 is 11.9 Å². The van der Waals surface area contributed by atoms with Gasteiger partial charge in [0.2, 0.25) is 5.91 Å². The highest BCUT2D eigenvalue weighted by atomic mass is 16.4. The quantitative estimate of drug-likeness (QED) is 0.917. The fourth-order valence-electron chi connectivity index (χ4n) is 4.36.